The average molecular weight is 242 g/mol. The summed E-state index contributed by atoms with van der Waals surface area (Å²) in [5.41, 5.74) is 3.57. The lowest BCUT2D eigenvalue weighted by molar-refractivity contribution is 0.306. The second-order valence-corrected chi connectivity index (χ2v) is 4.30. The number of benzene rings is 1. The first kappa shape index (κ1) is 12.4. The van der Waals surface area contributed by atoms with Crippen molar-refractivity contribution in [3.05, 3.63) is 53.2 Å². The molecule has 1 heterocycles. The highest BCUT2D eigenvalue weighted by atomic mass is 16.5. The van der Waals surface area contributed by atoms with Crippen molar-refractivity contribution < 1.29 is 4.74 Å². The van der Waals surface area contributed by atoms with Gasteiger partial charge in [0.1, 0.15) is 18.2 Å². The molecular formula is C15H18N2O. The fraction of sp³-hybridized carbons (Fsp3) is 0.267. The lowest BCUT2D eigenvalue weighted by atomic mass is 10.1. The molecule has 0 spiro atoms. The normalized spacial score (nSPS) is 10.2. The first-order valence-corrected chi connectivity index (χ1v) is 6.02. The molecule has 0 bridgehead atoms. The van der Waals surface area contributed by atoms with Crippen molar-refractivity contribution in [2.45, 2.75) is 20.5 Å². The van der Waals surface area contributed by atoms with E-state index in [1.807, 2.05) is 25.2 Å². The van der Waals surface area contributed by atoms with E-state index >= 15 is 0 Å². The summed E-state index contributed by atoms with van der Waals surface area (Å²) in [4.78, 5) is 4.25. The zero-order valence-electron chi connectivity index (χ0n) is 11.0. The van der Waals surface area contributed by atoms with Gasteiger partial charge in [0.15, 0.2) is 0 Å². The predicted molar refractivity (Wildman–Crippen MR) is 74.0 cm³/mol. The Balaban J connectivity index is 2.09. The average Bonchev–Trinajstić information content (AvgIpc) is 2.40. The Morgan fingerprint density at radius 1 is 1.17 bits per heavy atom. The van der Waals surface area contributed by atoms with Crippen LogP contribution in [0.25, 0.3) is 0 Å². The van der Waals surface area contributed by atoms with E-state index in [1.165, 1.54) is 11.1 Å². The SMILES string of the molecule is CNc1ncccc1COc1ccc(C)c(C)c1. The molecule has 0 saturated carbocycles. The maximum atomic E-state index is 5.79. The molecule has 94 valence electrons. The molecule has 1 aromatic heterocycles. The summed E-state index contributed by atoms with van der Waals surface area (Å²) in [6.45, 7) is 4.71. The molecule has 0 aliphatic carbocycles. The van der Waals surface area contributed by atoms with E-state index < -0.39 is 0 Å². The molecule has 0 aliphatic heterocycles. The van der Waals surface area contributed by atoms with Crippen LogP contribution in [0.1, 0.15) is 16.7 Å². The van der Waals surface area contributed by atoms with Crippen LogP contribution in [0.5, 0.6) is 5.75 Å². The third kappa shape index (κ3) is 2.80. The summed E-state index contributed by atoms with van der Waals surface area (Å²) in [6.07, 6.45) is 1.77. The summed E-state index contributed by atoms with van der Waals surface area (Å²) in [5.74, 6) is 1.75. The van der Waals surface area contributed by atoms with Gasteiger partial charge >= 0.3 is 0 Å². The molecule has 18 heavy (non-hydrogen) atoms. The van der Waals surface area contributed by atoms with Gasteiger partial charge in [-0.2, -0.15) is 0 Å². The maximum Gasteiger partial charge on any atom is 0.132 e. The second-order valence-electron chi connectivity index (χ2n) is 4.30. The molecule has 0 fully saturated rings. The molecule has 0 radical (unpaired) electrons. The number of anilines is 1. The molecule has 2 aromatic rings. The van der Waals surface area contributed by atoms with Crippen molar-refractivity contribution in [2.24, 2.45) is 0 Å². The van der Waals surface area contributed by atoms with Crippen molar-refractivity contribution in [2.75, 3.05) is 12.4 Å². The number of hydrogen-bond donors (Lipinski definition) is 1. The Hall–Kier alpha value is -2.03. The quantitative estimate of drug-likeness (QED) is 0.893. The van der Waals surface area contributed by atoms with Gasteiger partial charge in [-0.05, 0) is 43.2 Å². The highest BCUT2D eigenvalue weighted by molar-refractivity contribution is 5.43. The molecule has 2 rings (SSSR count). The number of hydrogen-bond acceptors (Lipinski definition) is 3. The number of pyridine rings is 1. The topological polar surface area (TPSA) is 34.2 Å². The molecule has 0 unspecified atom stereocenters. The monoisotopic (exact) mass is 242 g/mol. The van der Waals surface area contributed by atoms with Crippen LogP contribution in [0.3, 0.4) is 0 Å². The zero-order valence-corrected chi connectivity index (χ0v) is 11.0. The Morgan fingerprint density at radius 2 is 2.00 bits per heavy atom. The number of aryl methyl sites for hydroxylation is 2. The third-order valence-electron chi connectivity index (χ3n) is 3.00. The van der Waals surface area contributed by atoms with E-state index in [9.17, 15) is 0 Å². The Morgan fingerprint density at radius 3 is 2.72 bits per heavy atom. The van der Waals surface area contributed by atoms with Crippen LogP contribution in [0, 0.1) is 13.8 Å². The lowest BCUT2D eigenvalue weighted by Gasteiger charge is -2.10. The van der Waals surface area contributed by atoms with Gasteiger partial charge < -0.3 is 10.1 Å². The first-order valence-electron chi connectivity index (χ1n) is 6.02. The van der Waals surface area contributed by atoms with Gasteiger partial charge in [0.05, 0.1) is 0 Å². The third-order valence-corrected chi connectivity index (χ3v) is 3.00. The van der Waals surface area contributed by atoms with E-state index in [4.69, 9.17) is 4.74 Å². The van der Waals surface area contributed by atoms with Gasteiger partial charge in [-0.15, -0.1) is 0 Å². The number of ether oxygens (including phenoxy) is 1. The van der Waals surface area contributed by atoms with Crippen molar-refractivity contribution in [3.8, 4) is 5.75 Å². The second kappa shape index (κ2) is 5.54. The minimum atomic E-state index is 0.520. The standard InChI is InChI=1S/C15H18N2O/c1-11-6-7-14(9-12(11)2)18-10-13-5-4-8-17-15(13)16-3/h4-9H,10H2,1-3H3,(H,16,17). The number of aromatic nitrogens is 1. The van der Waals surface area contributed by atoms with Crippen molar-refractivity contribution in [1.82, 2.24) is 4.98 Å². The summed E-state index contributed by atoms with van der Waals surface area (Å²) in [5, 5.41) is 3.06. The van der Waals surface area contributed by atoms with Gasteiger partial charge in [-0.25, -0.2) is 4.98 Å². The van der Waals surface area contributed by atoms with Crippen LogP contribution in [-0.4, -0.2) is 12.0 Å². The van der Waals surface area contributed by atoms with Crippen molar-refractivity contribution >= 4 is 5.82 Å². The van der Waals surface area contributed by atoms with Crippen molar-refractivity contribution in [3.63, 3.8) is 0 Å². The fourth-order valence-electron chi connectivity index (χ4n) is 1.74. The Bertz CT molecular complexity index is 538. The molecule has 3 heteroatoms. The molecule has 0 aliphatic rings. The van der Waals surface area contributed by atoms with Gasteiger partial charge in [0.25, 0.3) is 0 Å². The number of nitrogens with one attached hydrogen (secondary N) is 1. The lowest BCUT2D eigenvalue weighted by Crippen LogP contribution is -2.02. The van der Waals surface area contributed by atoms with Gasteiger partial charge in [-0.3, -0.25) is 0 Å². The maximum absolute atomic E-state index is 5.79. The van der Waals surface area contributed by atoms with E-state index in [0.29, 0.717) is 6.61 Å². The minimum absolute atomic E-state index is 0.520. The fourth-order valence-corrected chi connectivity index (χ4v) is 1.74. The molecule has 1 N–H and O–H groups in total. The van der Waals surface area contributed by atoms with Crippen LogP contribution in [0.2, 0.25) is 0 Å². The highest BCUT2D eigenvalue weighted by Gasteiger charge is 2.03. The molecule has 1 aromatic carbocycles. The van der Waals surface area contributed by atoms with E-state index in [0.717, 1.165) is 17.1 Å². The number of rotatable bonds is 4. The first-order chi connectivity index (χ1) is 8.70. The smallest absolute Gasteiger partial charge is 0.132 e. The van der Waals surface area contributed by atoms with Crippen LogP contribution in [0.15, 0.2) is 36.5 Å². The van der Waals surface area contributed by atoms with Gasteiger partial charge in [-0.1, -0.05) is 12.1 Å². The highest BCUT2D eigenvalue weighted by Crippen LogP contribution is 2.19. The molecule has 0 amide bonds. The van der Waals surface area contributed by atoms with Gasteiger partial charge in [0.2, 0.25) is 0 Å². The summed E-state index contributed by atoms with van der Waals surface area (Å²) in [6, 6.07) is 10.1. The molecule has 0 saturated heterocycles. The van der Waals surface area contributed by atoms with E-state index in [2.05, 4.69) is 36.3 Å². The van der Waals surface area contributed by atoms with Crippen LogP contribution >= 0.6 is 0 Å². The largest absolute Gasteiger partial charge is 0.489 e. The van der Waals surface area contributed by atoms with E-state index in [-0.39, 0.29) is 0 Å². The molecule has 0 atom stereocenters. The van der Waals surface area contributed by atoms with Crippen LogP contribution < -0.4 is 10.1 Å². The van der Waals surface area contributed by atoms with Gasteiger partial charge in [0, 0.05) is 18.8 Å². The molecule has 3 nitrogen and oxygen atoms in total. The van der Waals surface area contributed by atoms with E-state index in [1.54, 1.807) is 6.20 Å². The van der Waals surface area contributed by atoms with Crippen molar-refractivity contribution in [1.29, 1.82) is 0 Å². The summed E-state index contributed by atoms with van der Waals surface area (Å²) < 4.78 is 5.79. The Kier molecular flexibility index (Phi) is 3.82. The minimum Gasteiger partial charge on any atom is -0.489 e. The Labute approximate surface area is 108 Å². The summed E-state index contributed by atoms with van der Waals surface area (Å²) in [7, 11) is 1.86. The predicted octanol–water partition coefficient (Wildman–Crippen LogP) is 3.32. The number of nitrogens with zero attached hydrogens (tertiary/aromatic N) is 1. The zero-order chi connectivity index (χ0) is 13.0. The molecular weight excluding hydrogens is 224 g/mol. The summed E-state index contributed by atoms with van der Waals surface area (Å²) >= 11 is 0. The van der Waals surface area contributed by atoms with Crippen LogP contribution in [-0.2, 0) is 6.61 Å². The van der Waals surface area contributed by atoms with Crippen LogP contribution in [0.4, 0.5) is 5.82 Å².